The van der Waals surface area contributed by atoms with E-state index in [0.717, 1.165) is 25.1 Å². The Kier molecular flexibility index (Phi) is 3.57. The number of nitrogens with one attached hydrogen (secondary N) is 1. The van der Waals surface area contributed by atoms with E-state index < -0.39 is 0 Å². The highest BCUT2D eigenvalue weighted by Gasteiger charge is 2.21. The molecule has 2 aromatic rings. The zero-order valence-corrected chi connectivity index (χ0v) is 10.9. The molecule has 0 bridgehead atoms. The number of hydrogen-bond donors (Lipinski definition) is 1. The van der Waals surface area contributed by atoms with Crippen molar-refractivity contribution in [3.63, 3.8) is 0 Å². The number of nitrogens with zero attached hydrogens (tertiary/aromatic N) is 2. The second-order valence-corrected chi connectivity index (χ2v) is 4.59. The van der Waals surface area contributed by atoms with Crippen LogP contribution in [0.25, 0.3) is 11.4 Å². The van der Waals surface area contributed by atoms with Crippen LogP contribution in [-0.4, -0.2) is 29.9 Å². The van der Waals surface area contributed by atoms with Crippen molar-refractivity contribution in [1.82, 2.24) is 15.5 Å². The number of aromatic nitrogens is 2. The van der Waals surface area contributed by atoms with Crippen molar-refractivity contribution in [3.05, 3.63) is 35.7 Å². The fourth-order valence-electron chi connectivity index (χ4n) is 2.11. The SMILES string of the molecule is CCc1ccc(-c2noc(C3COCCN3)n2)cc1. The lowest BCUT2D eigenvalue weighted by atomic mass is 10.1. The van der Waals surface area contributed by atoms with Crippen LogP contribution in [0.15, 0.2) is 28.8 Å². The summed E-state index contributed by atoms with van der Waals surface area (Å²) in [6, 6.07) is 8.24. The zero-order valence-electron chi connectivity index (χ0n) is 10.9. The summed E-state index contributed by atoms with van der Waals surface area (Å²) in [5, 5.41) is 7.33. The molecular weight excluding hydrogens is 242 g/mol. The average molecular weight is 259 g/mol. The summed E-state index contributed by atoms with van der Waals surface area (Å²) in [5.74, 6) is 1.22. The molecule has 5 heteroatoms. The lowest BCUT2D eigenvalue weighted by Crippen LogP contribution is -2.34. The monoisotopic (exact) mass is 259 g/mol. The van der Waals surface area contributed by atoms with E-state index in [4.69, 9.17) is 9.26 Å². The van der Waals surface area contributed by atoms with E-state index in [0.29, 0.717) is 18.3 Å². The Hall–Kier alpha value is -1.72. The molecule has 0 saturated carbocycles. The molecular formula is C14H17N3O2. The molecule has 1 saturated heterocycles. The maximum Gasteiger partial charge on any atom is 0.246 e. The summed E-state index contributed by atoms with van der Waals surface area (Å²) in [7, 11) is 0. The molecule has 1 fully saturated rings. The number of morpholine rings is 1. The fraction of sp³-hybridized carbons (Fsp3) is 0.429. The number of benzene rings is 1. The quantitative estimate of drug-likeness (QED) is 0.913. The largest absolute Gasteiger partial charge is 0.378 e. The van der Waals surface area contributed by atoms with Gasteiger partial charge in [0, 0.05) is 12.1 Å². The molecule has 3 rings (SSSR count). The first kappa shape index (κ1) is 12.3. The van der Waals surface area contributed by atoms with Crippen molar-refractivity contribution >= 4 is 0 Å². The van der Waals surface area contributed by atoms with Crippen molar-refractivity contribution in [1.29, 1.82) is 0 Å². The smallest absolute Gasteiger partial charge is 0.246 e. The molecule has 1 aromatic heterocycles. The molecule has 0 amide bonds. The molecule has 0 aliphatic carbocycles. The van der Waals surface area contributed by atoms with E-state index in [1.165, 1.54) is 5.56 Å². The van der Waals surface area contributed by atoms with E-state index >= 15 is 0 Å². The van der Waals surface area contributed by atoms with Crippen LogP contribution in [0.4, 0.5) is 0 Å². The lowest BCUT2D eigenvalue weighted by Gasteiger charge is -2.20. The van der Waals surface area contributed by atoms with Crippen molar-refractivity contribution in [2.24, 2.45) is 0 Å². The van der Waals surface area contributed by atoms with Gasteiger partial charge in [0.1, 0.15) is 6.04 Å². The van der Waals surface area contributed by atoms with Crippen LogP contribution in [-0.2, 0) is 11.2 Å². The van der Waals surface area contributed by atoms with Gasteiger partial charge in [-0.15, -0.1) is 0 Å². The average Bonchev–Trinajstić information content (AvgIpc) is 2.98. The number of aryl methyl sites for hydroxylation is 1. The van der Waals surface area contributed by atoms with Gasteiger partial charge in [0.25, 0.3) is 0 Å². The minimum absolute atomic E-state index is 0.00455. The van der Waals surface area contributed by atoms with Gasteiger partial charge in [0.2, 0.25) is 11.7 Å². The lowest BCUT2D eigenvalue weighted by molar-refractivity contribution is 0.0659. The molecule has 1 unspecified atom stereocenters. The van der Waals surface area contributed by atoms with Crippen LogP contribution >= 0.6 is 0 Å². The Labute approximate surface area is 112 Å². The van der Waals surface area contributed by atoms with Gasteiger partial charge in [-0.05, 0) is 12.0 Å². The standard InChI is InChI=1S/C14H17N3O2/c1-2-10-3-5-11(6-4-10)13-16-14(19-17-13)12-9-18-8-7-15-12/h3-6,12,15H,2,7-9H2,1H3. The van der Waals surface area contributed by atoms with E-state index in [2.05, 4.69) is 34.5 Å². The maximum atomic E-state index is 5.39. The van der Waals surface area contributed by atoms with Gasteiger partial charge in [-0.1, -0.05) is 36.3 Å². The summed E-state index contributed by atoms with van der Waals surface area (Å²) in [4.78, 5) is 4.44. The Morgan fingerprint density at radius 1 is 1.32 bits per heavy atom. The predicted octanol–water partition coefficient (Wildman–Crippen LogP) is 1.96. The van der Waals surface area contributed by atoms with Gasteiger partial charge in [0.05, 0.1) is 13.2 Å². The molecule has 2 heterocycles. The van der Waals surface area contributed by atoms with E-state index in [1.54, 1.807) is 0 Å². The summed E-state index contributed by atoms with van der Waals surface area (Å²) < 4.78 is 10.7. The Morgan fingerprint density at radius 3 is 2.84 bits per heavy atom. The summed E-state index contributed by atoms with van der Waals surface area (Å²) in [6.45, 7) is 4.26. The number of rotatable bonds is 3. The van der Waals surface area contributed by atoms with E-state index in [1.807, 2.05) is 12.1 Å². The normalized spacial score (nSPS) is 19.5. The minimum Gasteiger partial charge on any atom is -0.378 e. The van der Waals surface area contributed by atoms with Crippen LogP contribution in [0.5, 0.6) is 0 Å². The Balaban J connectivity index is 1.79. The fourth-order valence-corrected chi connectivity index (χ4v) is 2.11. The molecule has 1 atom stereocenters. The predicted molar refractivity (Wildman–Crippen MR) is 70.7 cm³/mol. The summed E-state index contributed by atoms with van der Waals surface area (Å²) in [6.07, 6.45) is 1.03. The van der Waals surface area contributed by atoms with Gasteiger partial charge in [-0.2, -0.15) is 4.98 Å². The third-order valence-corrected chi connectivity index (χ3v) is 3.28. The molecule has 1 aliphatic heterocycles. The third-order valence-electron chi connectivity index (χ3n) is 3.28. The molecule has 19 heavy (non-hydrogen) atoms. The molecule has 100 valence electrons. The highest BCUT2D eigenvalue weighted by atomic mass is 16.5. The first-order valence-corrected chi connectivity index (χ1v) is 6.61. The Bertz CT molecular complexity index is 530. The summed E-state index contributed by atoms with van der Waals surface area (Å²) in [5.41, 5.74) is 2.28. The first-order chi connectivity index (χ1) is 9.36. The van der Waals surface area contributed by atoms with Crippen LogP contribution in [0.2, 0.25) is 0 Å². The Morgan fingerprint density at radius 2 is 2.16 bits per heavy atom. The van der Waals surface area contributed by atoms with Gasteiger partial charge in [0.15, 0.2) is 0 Å². The molecule has 1 N–H and O–H groups in total. The van der Waals surface area contributed by atoms with Gasteiger partial charge in [-0.3, -0.25) is 0 Å². The molecule has 1 aromatic carbocycles. The van der Waals surface area contributed by atoms with Crippen molar-refractivity contribution in [3.8, 4) is 11.4 Å². The topological polar surface area (TPSA) is 60.2 Å². The molecule has 0 radical (unpaired) electrons. The zero-order chi connectivity index (χ0) is 13.1. The van der Waals surface area contributed by atoms with Gasteiger partial charge in [-0.25, -0.2) is 0 Å². The number of ether oxygens (including phenoxy) is 1. The maximum absolute atomic E-state index is 5.39. The van der Waals surface area contributed by atoms with Crippen molar-refractivity contribution in [2.75, 3.05) is 19.8 Å². The van der Waals surface area contributed by atoms with Crippen LogP contribution in [0.3, 0.4) is 0 Å². The van der Waals surface area contributed by atoms with Crippen molar-refractivity contribution in [2.45, 2.75) is 19.4 Å². The van der Waals surface area contributed by atoms with E-state index in [-0.39, 0.29) is 6.04 Å². The van der Waals surface area contributed by atoms with Gasteiger partial charge >= 0.3 is 0 Å². The van der Waals surface area contributed by atoms with Crippen LogP contribution in [0, 0.1) is 0 Å². The highest BCUT2D eigenvalue weighted by molar-refractivity contribution is 5.54. The molecule has 1 aliphatic rings. The summed E-state index contributed by atoms with van der Waals surface area (Å²) >= 11 is 0. The highest BCUT2D eigenvalue weighted by Crippen LogP contribution is 2.20. The van der Waals surface area contributed by atoms with Crippen LogP contribution < -0.4 is 5.32 Å². The number of hydrogen-bond acceptors (Lipinski definition) is 5. The van der Waals surface area contributed by atoms with E-state index in [9.17, 15) is 0 Å². The third kappa shape index (κ3) is 2.67. The minimum atomic E-state index is 0.00455. The van der Waals surface area contributed by atoms with Crippen LogP contribution in [0.1, 0.15) is 24.4 Å². The second-order valence-electron chi connectivity index (χ2n) is 4.59. The molecule has 5 nitrogen and oxygen atoms in total. The van der Waals surface area contributed by atoms with Crippen molar-refractivity contribution < 1.29 is 9.26 Å². The van der Waals surface area contributed by atoms with Gasteiger partial charge < -0.3 is 14.6 Å². The molecule has 0 spiro atoms. The first-order valence-electron chi connectivity index (χ1n) is 6.61. The second kappa shape index (κ2) is 5.50.